The van der Waals surface area contributed by atoms with E-state index in [0.29, 0.717) is 6.61 Å². The Labute approximate surface area is 84.7 Å². The van der Waals surface area contributed by atoms with Crippen LogP contribution in [-0.4, -0.2) is 44.5 Å². The van der Waals surface area contributed by atoms with E-state index in [1.54, 1.807) is 4.90 Å². The molecule has 0 bridgehead atoms. The molecule has 0 saturated carbocycles. The molecule has 0 amide bonds. The molecule has 0 aliphatic carbocycles. The quantitative estimate of drug-likeness (QED) is 0.202. The smallest absolute Gasteiger partial charge is 0.347 e. The van der Waals surface area contributed by atoms with Crippen LogP contribution in [0.1, 0.15) is 19.8 Å². The number of carbonyl (C=O) groups is 1. The number of rotatable bonds is 7. The van der Waals surface area contributed by atoms with Crippen LogP contribution in [0.2, 0.25) is 0 Å². The minimum atomic E-state index is -0.380. The predicted octanol–water partition coefficient (Wildman–Crippen LogP) is 0.851. The molecule has 0 rings (SSSR count). The average Bonchev–Trinajstić information content (AvgIpc) is 2.13. The van der Waals surface area contributed by atoms with Crippen molar-refractivity contribution in [2.24, 2.45) is 5.16 Å². The summed E-state index contributed by atoms with van der Waals surface area (Å²) >= 11 is 0. The van der Waals surface area contributed by atoms with E-state index in [1.807, 2.05) is 21.0 Å². The Balaban J connectivity index is 3.35. The third kappa shape index (κ3) is 8.83. The maximum atomic E-state index is 10.9. The Kier molecular flexibility index (Phi) is 7.59. The highest BCUT2D eigenvalue weighted by atomic mass is 16.7. The molecule has 0 aromatic rings. The summed E-state index contributed by atoms with van der Waals surface area (Å²) in [4.78, 5) is 17.3. The van der Waals surface area contributed by atoms with Gasteiger partial charge in [-0.3, -0.25) is 0 Å². The summed E-state index contributed by atoms with van der Waals surface area (Å²) in [6.07, 6.45) is 3.36. The van der Waals surface area contributed by atoms with Crippen molar-refractivity contribution < 1.29 is 14.4 Å². The number of hydrogen-bond acceptors (Lipinski definition) is 4. The van der Waals surface area contributed by atoms with Gasteiger partial charge in [-0.25, -0.2) is 4.79 Å². The molecule has 0 heterocycles. The maximum Gasteiger partial charge on any atom is 0.347 e. The molecule has 0 unspecified atom stereocenters. The van der Waals surface area contributed by atoms with Gasteiger partial charge in [0.15, 0.2) is 0 Å². The Bertz CT molecular complexity index is 181. The second-order valence-electron chi connectivity index (χ2n) is 3.03. The number of carbonyl (C=O) groups excluding carboxylic acids is 1. The van der Waals surface area contributed by atoms with Crippen molar-refractivity contribution in [1.82, 2.24) is 4.90 Å². The van der Waals surface area contributed by atoms with Crippen molar-refractivity contribution in [1.29, 1.82) is 0 Å². The lowest BCUT2D eigenvalue weighted by molar-refractivity contribution is -0.149. The minimum absolute atomic E-state index is 0.131. The van der Waals surface area contributed by atoms with Crippen molar-refractivity contribution in [3.8, 4) is 0 Å². The van der Waals surface area contributed by atoms with Crippen LogP contribution >= 0.6 is 0 Å². The van der Waals surface area contributed by atoms with Crippen LogP contribution in [0.15, 0.2) is 5.16 Å². The Morgan fingerprint density at radius 1 is 1.50 bits per heavy atom. The van der Waals surface area contributed by atoms with Crippen LogP contribution in [0.5, 0.6) is 0 Å². The first-order valence-corrected chi connectivity index (χ1v) is 4.64. The molecule has 0 radical (unpaired) electrons. The van der Waals surface area contributed by atoms with Gasteiger partial charge >= 0.3 is 5.97 Å². The van der Waals surface area contributed by atoms with Gasteiger partial charge in [-0.1, -0.05) is 18.5 Å². The third-order valence-corrected chi connectivity index (χ3v) is 1.30. The number of nitrogens with zero attached hydrogens (tertiary/aromatic N) is 2. The van der Waals surface area contributed by atoms with E-state index in [0.717, 1.165) is 12.8 Å². The summed E-state index contributed by atoms with van der Waals surface area (Å²) in [7, 11) is 3.62. The Hall–Kier alpha value is -1.26. The van der Waals surface area contributed by atoms with E-state index < -0.39 is 0 Å². The molecule has 0 spiro atoms. The Morgan fingerprint density at radius 3 is 2.79 bits per heavy atom. The first-order valence-electron chi connectivity index (χ1n) is 4.64. The van der Waals surface area contributed by atoms with Gasteiger partial charge in [0.25, 0.3) is 0 Å². The van der Waals surface area contributed by atoms with E-state index in [2.05, 4.69) is 5.16 Å². The van der Waals surface area contributed by atoms with Gasteiger partial charge in [-0.05, 0) is 6.42 Å². The fourth-order valence-electron chi connectivity index (χ4n) is 0.590. The summed E-state index contributed by atoms with van der Waals surface area (Å²) in [5.74, 6) is -0.380. The standard InChI is InChI=1S/C9H18N2O3/c1-4-5-6-13-9(12)7-14-10-8-11(2)3/h8H,4-7H2,1-3H3/b10-8+. The summed E-state index contributed by atoms with van der Waals surface area (Å²) in [6.45, 7) is 2.36. The second-order valence-corrected chi connectivity index (χ2v) is 3.03. The molecular formula is C9H18N2O3. The lowest BCUT2D eigenvalue weighted by Gasteiger charge is -2.03. The van der Waals surface area contributed by atoms with Crippen LogP contribution in [0.25, 0.3) is 0 Å². The van der Waals surface area contributed by atoms with Gasteiger partial charge in [0.05, 0.1) is 6.61 Å². The fourth-order valence-corrected chi connectivity index (χ4v) is 0.590. The molecule has 0 aliphatic heterocycles. The molecule has 82 valence electrons. The van der Waals surface area contributed by atoms with E-state index in [1.165, 1.54) is 6.34 Å². The highest BCUT2D eigenvalue weighted by Gasteiger charge is 2.01. The number of esters is 1. The SMILES string of the molecule is CCCCOC(=O)CO/N=C/N(C)C. The molecule has 5 nitrogen and oxygen atoms in total. The fraction of sp³-hybridized carbons (Fsp3) is 0.778. The topological polar surface area (TPSA) is 51.1 Å². The van der Waals surface area contributed by atoms with Crippen LogP contribution < -0.4 is 0 Å². The molecule has 0 atom stereocenters. The largest absolute Gasteiger partial charge is 0.463 e. The number of ether oxygens (including phenoxy) is 1. The van der Waals surface area contributed by atoms with Crippen LogP contribution in [0.3, 0.4) is 0 Å². The van der Waals surface area contributed by atoms with Crippen LogP contribution in [0, 0.1) is 0 Å². The molecule has 0 aromatic carbocycles. The Morgan fingerprint density at radius 2 is 2.21 bits per heavy atom. The molecule has 0 saturated heterocycles. The van der Waals surface area contributed by atoms with E-state index in [4.69, 9.17) is 9.57 Å². The normalized spacial score (nSPS) is 10.2. The van der Waals surface area contributed by atoms with Gasteiger partial charge in [0, 0.05) is 14.1 Å². The predicted molar refractivity (Wildman–Crippen MR) is 54.0 cm³/mol. The number of oxime groups is 1. The number of unbranched alkanes of at least 4 members (excludes halogenated alkanes) is 1. The summed E-state index contributed by atoms with van der Waals surface area (Å²) in [6, 6.07) is 0. The van der Waals surface area contributed by atoms with Gasteiger partial charge in [0.1, 0.15) is 6.34 Å². The van der Waals surface area contributed by atoms with Gasteiger partial charge in [-0.15, -0.1) is 0 Å². The van der Waals surface area contributed by atoms with Crippen molar-refractivity contribution in [2.45, 2.75) is 19.8 Å². The summed E-state index contributed by atoms with van der Waals surface area (Å²) < 4.78 is 4.84. The highest BCUT2D eigenvalue weighted by Crippen LogP contribution is 1.89. The highest BCUT2D eigenvalue weighted by molar-refractivity contribution is 5.70. The summed E-state index contributed by atoms with van der Waals surface area (Å²) in [5, 5.41) is 3.54. The van der Waals surface area contributed by atoms with Crippen molar-refractivity contribution >= 4 is 12.3 Å². The monoisotopic (exact) mass is 202 g/mol. The molecule has 0 fully saturated rings. The van der Waals surface area contributed by atoms with E-state index in [9.17, 15) is 4.79 Å². The zero-order chi connectivity index (χ0) is 10.8. The molecule has 5 heteroatoms. The second kappa shape index (κ2) is 8.34. The van der Waals surface area contributed by atoms with Crippen molar-refractivity contribution in [3.63, 3.8) is 0 Å². The zero-order valence-electron chi connectivity index (χ0n) is 9.02. The first-order chi connectivity index (χ1) is 6.66. The van der Waals surface area contributed by atoms with E-state index in [-0.39, 0.29) is 12.6 Å². The average molecular weight is 202 g/mol. The number of hydrogen-bond donors (Lipinski definition) is 0. The van der Waals surface area contributed by atoms with Gasteiger partial charge in [0.2, 0.25) is 6.61 Å². The molecule has 0 aromatic heterocycles. The lowest BCUT2D eigenvalue weighted by Crippen LogP contribution is -2.13. The van der Waals surface area contributed by atoms with Gasteiger partial charge in [-0.2, -0.15) is 0 Å². The van der Waals surface area contributed by atoms with E-state index >= 15 is 0 Å². The first kappa shape index (κ1) is 12.7. The third-order valence-electron chi connectivity index (χ3n) is 1.30. The van der Waals surface area contributed by atoms with Crippen LogP contribution in [-0.2, 0) is 14.4 Å². The van der Waals surface area contributed by atoms with Crippen LogP contribution in [0.4, 0.5) is 0 Å². The molecule has 0 N–H and O–H groups in total. The van der Waals surface area contributed by atoms with Crippen molar-refractivity contribution in [3.05, 3.63) is 0 Å². The maximum absolute atomic E-state index is 10.9. The van der Waals surface area contributed by atoms with Crippen molar-refractivity contribution in [2.75, 3.05) is 27.3 Å². The van der Waals surface area contributed by atoms with Gasteiger partial charge < -0.3 is 14.5 Å². The lowest BCUT2D eigenvalue weighted by atomic mass is 10.4. The summed E-state index contributed by atoms with van der Waals surface area (Å²) in [5.41, 5.74) is 0. The molecular weight excluding hydrogens is 184 g/mol. The minimum Gasteiger partial charge on any atom is -0.463 e. The zero-order valence-corrected chi connectivity index (χ0v) is 9.02. The molecule has 0 aliphatic rings. The molecule has 14 heavy (non-hydrogen) atoms.